The molecule has 0 bridgehead atoms. The fraction of sp³-hybridized carbons (Fsp3) is 0.190. The Morgan fingerprint density at radius 3 is 2.30 bits per heavy atom. The maximum Gasteiger partial charge on any atom is 0.411 e. The van der Waals surface area contributed by atoms with Gasteiger partial charge in [-0.15, -0.1) is 0 Å². The lowest BCUT2D eigenvalue weighted by Crippen LogP contribution is -2.16. The molecule has 6 heteroatoms. The first-order valence-electron chi connectivity index (χ1n) is 8.43. The molecule has 0 aromatic heterocycles. The van der Waals surface area contributed by atoms with Gasteiger partial charge in [0.1, 0.15) is 0 Å². The molecule has 2 aromatic rings. The van der Waals surface area contributed by atoms with Gasteiger partial charge in [-0.1, -0.05) is 49.0 Å². The lowest BCUT2D eigenvalue weighted by atomic mass is 10.0. The van der Waals surface area contributed by atoms with Crippen molar-refractivity contribution in [1.29, 1.82) is 0 Å². The van der Waals surface area contributed by atoms with Crippen molar-refractivity contribution in [2.24, 2.45) is 0 Å². The topological polar surface area (TPSA) is 81.7 Å². The molecule has 1 N–H and O–H groups in total. The summed E-state index contributed by atoms with van der Waals surface area (Å²) in [7, 11) is 0. The van der Waals surface area contributed by atoms with Crippen molar-refractivity contribution in [3.8, 4) is 0 Å². The molecule has 1 amide bonds. The summed E-state index contributed by atoms with van der Waals surface area (Å²) in [6.45, 7) is 5.27. The van der Waals surface area contributed by atoms with Crippen molar-refractivity contribution in [1.82, 2.24) is 0 Å². The zero-order chi connectivity index (χ0) is 19.6. The molecule has 140 valence electrons. The highest BCUT2D eigenvalue weighted by molar-refractivity contribution is 6.09. The largest absolute Gasteiger partial charge is 0.462 e. The van der Waals surface area contributed by atoms with Crippen LogP contribution in [0.5, 0.6) is 0 Å². The van der Waals surface area contributed by atoms with Gasteiger partial charge in [0.05, 0.1) is 13.2 Å². The van der Waals surface area contributed by atoms with Crippen LogP contribution in [0, 0.1) is 0 Å². The first-order valence-corrected chi connectivity index (χ1v) is 8.43. The standard InChI is InChI=1S/C21H21NO5/c1-15(2)20(24)26-12-7-13-27-21(25)22-18-11-6-10-17(14-18)19(23)16-8-4-3-5-9-16/h3-6,8-11,14H,1,7,12-13H2,2H3,(H,22,25). The van der Waals surface area contributed by atoms with E-state index in [-0.39, 0.29) is 19.0 Å². The Hall–Kier alpha value is -3.41. The quantitative estimate of drug-likeness (QED) is 0.330. The highest BCUT2D eigenvalue weighted by atomic mass is 16.6. The summed E-state index contributed by atoms with van der Waals surface area (Å²) in [6, 6.07) is 15.5. The number of carbonyl (C=O) groups excluding carboxylic acids is 3. The molecule has 0 fully saturated rings. The van der Waals surface area contributed by atoms with E-state index in [0.717, 1.165) is 0 Å². The van der Waals surface area contributed by atoms with E-state index in [1.54, 1.807) is 55.5 Å². The van der Waals surface area contributed by atoms with E-state index in [9.17, 15) is 14.4 Å². The van der Waals surface area contributed by atoms with E-state index in [1.807, 2.05) is 6.07 Å². The molecule has 0 unspecified atom stereocenters. The number of esters is 1. The molecule has 0 heterocycles. The van der Waals surface area contributed by atoms with Crippen molar-refractivity contribution in [2.75, 3.05) is 18.5 Å². The number of hydrogen-bond donors (Lipinski definition) is 1. The Balaban J connectivity index is 1.82. The molecule has 0 aliphatic carbocycles. The minimum Gasteiger partial charge on any atom is -0.462 e. The molecule has 0 saturated carbocycles. The number of rotatable bonds is 8. The van der Waals surface area contributed by atoms with Gasteiger partial charge in [-0.05, 0) is 19.1 Å². The minimum absolute atomic E-state index is 0.0952. The maximum atomic E-state index is 12.4. The van der Waals surface area contributed by atoms with E-state index >= 15 is 0 Å². The lowest BCUT2D eigenvalue weighted by Gasteiger charge is -2.09. The summed E-state index contributed by atoms with van der Waals surface area (Å²) in [5.74, 6) is -0.605. The van der Waals surface area contributed by atoms with Crippen molar-refractivity contribution >= 4 is 23.5 Å². The number of benzene rings is 2. The van der Waals surface area contributed by atoms with Crippen LogP contribution in [0.15, 0.2) is 66.7 Å². The Morgan fingerprint density at radius 1 is 0.926 bits per heavy atom. The number of anilines is 1. The molecule has 0 saturated heterocycles. The van der Waals surface area contributed by atoms with Gasteiger partial charge in [-0.2, -0.15) is 0 Å². The minimum atomic E-state index is -0.648. The average molecular weight is 367 g/mol. The molecule has 27 heavy (non-hydrogen) atoms. The molecule has 0 spiro atoms. The van der Waals surface area contributed by atoms with Crippen LogP contribution in [0.2, 0.25) is 0 Å². The van der Waals surface area contributed by atoms with Gasteiger partial charge in [0, 0.05) is 28.8 Å². The molecular weight excluding hydrogens is 346 g/mol. The maximum absolute atomic E-state index is 12.4. The van der Waals surface area contributed by atoms with Gasteiger partial charge in [0.2, 0.25) is 0 Å². The number of hydrogen-bond acceptors (Lipinski definition) is 5. The van der Waals surface area contributed by atoms with Crippen LogP contribution in [-0.4, -0.2) is 31.1 Å². The van der Waals surface area contributed by atoms with Crippen LogP contribution in [-0.2, 0) is 14.3 Å². The van der Waals surface area contributed by atoms with Crippen molar-refractivity contribution in [2.45, 2.75) is 13.3 Å². The summed E-state index contributed by atoms with van der Waals surface area (Å²) in [5.41, 5.74) is 1.81. The highest BCUT2D eigenvalue weighted by Crippen LogP contribution is 2.15. The van der Waals surface area contributed by atoms with Crippen LogP contribution in [0.4, 0.5) is 10.5 Å². The van der Waals surface area contributed by atoms with E-state index in [1.165, 1.54) is 0 Å². The van der Waals surface area contributed by atoms with E-state index in [0.29, 0.717) is 28.8 Å². The van der Waals surface area contributed by atoms with Crippen LogP contribution in [0.25, 0.3) is 0 Å². The highest BCUT2D eigenvalue weighted by Gasteiger charge is 2.10. The number of ether oxygens (including phenoxy) is 2. The monoisotopic (exact) mass is 367 g/mol. The third kappa shape index (κ3) is 6.43. The van der Waals surface area contributed by atoms with Gasteiger partial charge < -0.3 is 9.47 Å². The predicted octanol–water partition coefficient (Wildman–Crippen LogP) is 3.98. The summed E-state index contributed by atoms with van der Waals surface area (Å²) in [6.07, 6.45) is -0.274. The summed E-state index contributed by atoms with van der Waals surface area (Å²) in [4.78, 5) is 35.5. The fourth-order valence-corrected chi connectivity index (χ4v) is 2.16. The zero-order valence-corrected chi connectivity index (χ0v) is 15.1. The van der Waals surface area contributed by atoms with E-state index in [2.05, 4.69) is 11.9 Å². The van der Waals surface area contributed by atoms with Crippen LogP contribution >= 0.6 is 0 Å². The van der Waals surface area contributed by atoms with Gasteiger partial charge in [-0.25, -0.2) is 9.59 Å². The molecule has 6 nitrogen and oxygen atoms in total. The van der Waals surface area contributed by atoms with Crippen LogP contribution < -0.4 is 5.32 Å². The van der Waals surface area contributed by atoms with Gasteiger partial charge in [-0.3, -0.25) is 10.1 Å². The van der Waals surface area contributed by atoms with Gasteiger partial charge >= 0.3 is 12.1 Å². The third-order valence-corrected chi connectivity index (χ3v) is 3.51. The third-order valence-electron chi connectivity index (χ3n) is 3.51. The van der Waals surface area contributed by atoms with Gasteiger partial charge in [0.15, 0.2) is 5.78 Å². The number of nitrogens with one attached hydrogen (secondary N) is 1. The molecule has 2 aromatic carbocycles. The summed E-state index contributed by atoms with van der Waals surface area (Å²) in [5, 5.41) is 2.57. The average Bonchev–Trinajstić information content (AvgIpc) is 2.67. The molecule has 0 aliphatic rings. The molecular formula is C21H21NO5. The van der Waals surface area contributed by atoms with Crippen LogP contribution in [0.3, 0.4) is 0 Å². The first-order chi connectivity index (χ1) is 13.0. The smallest absolute Gasteiger partial charge is 0.411 e. The second kappa shape index (κ2) is 9.91. The normalized spacial score (nSPS) is 9.96. The summed E-state index contributed by atoms with van der Waals surface area (Å²) < 4.78 is 9.92. The summed E-state index contributed by atoms with van der Waals surface area (Å²) >= 11 is 0. The number of carbonyl (C=O) groups is 3. The second-order valence-electron chi connectivity index (χ2n) is 5.81. The molecule has 0 aliphatic heterocycles. The molecule has 2 rings (SSSR count). The lowest BCUT2D eigenvalue weighted by molar-refractivity contribution is -0.139. The fourth-order valence-electron chi connectivity index (χ4n) is 2.16. The van der Waals surface area contributed by atoms with Crippen LogP contribution in [0.1, 0.15) is 29.3 Å². The zero-order valence-electron chi connectivity index (χ0n) is 15.1. The van der Waals surface area contributed by atoms with E-state index < -0.39 is 12.1 Å². The Morgan fingerprint density at radius 2 is 1.59 bits per heavy atom. The Bertz CT molecular complexity index is 829. The van der Waals surface area contributed by atoms with Crippen molar-refractivity contribution in [3.63, 3.8) is 0 Å². The number of amides is 1. The van der Waals surface area contributed by atoms with Gasteiger partial charge in [0.25, 0.3) is 0 Å². The van der Waals surface area contributed by atoms with Crippen molar-refractivity contribution in [3.05, 3.63) is 77.9 Å². The van der Waals surface area contributed by atoms with Crippen molar-refractivity contribution < 1.29 is 23.9 Å². The van der Waals surface area contributed by atoms with E-state index in [4.69, 9.17) is 9.47 Å². The predicted molar refractivity (Wildman–Crippen MR) is 102 cm³/mol. The SMILES string of the molecule is C=C(C)C(=O)OCCCOC(=O)Nc1cccc(C(=O)c2ccccc2)c1. The Labute approximate surface area is 157 Å². The first kappa shape index (κ1) is 19.9. The molecule has 0 radical (unpaired) electrons. The second-order valence-corrected chi connectivity index (χ2v) is 5.81. The Kier molecular flexibility index (Phi) is 7.31. The molecule has 0 atom stereocenters. The number of ketones is 1.